The van der Waals surface area contributed by atoms with E-state index in [9.17, 15) is 9.59 Å². The fraction of sp³-hybridized carbons (Fsp3) is 0.290. The Morgan fingerprint density at radius 3 is 1.78 bits per heavy atom. The third-order valence-corrected chi connectivity index (χ3v) is 11.4. The molecule has 0 bridgehead atoms. The van der Waals surface area contributed by atoms with Crippen LogP contribution in [0, 0.1) is 11.3 Å². The molecule has 3 aromatic rings. The van der Waals surface area contributed by atoms with Gasteiger partial charge in [0.1, 0.15) is 0 Å². The number of hydrogen-bond donors (Lipinski definition) is 0. The Bertz CT molecular complexity index is 1380. The minimum Gasteiger partial charge on any atom is -0.468 e. The molecule has 2 aliphatic carbocycles. The molecule has 0 fully saturated rings. The number of carbonyl (C=O) groups is 2. The van der Waals surface area contributed by atoms with Gasteiger partial charge in [-0.1, -0.05) is 98.8 Å². The quantitative estimate of drug-likeness (QED) is 0.258. The van der Waals surface area contributed by atoms with E-state index in [0.29, 0.717) is 15.9 Å². The average molecular weight is 515 g/mol. The topological polar surface area (TPSA) is 69.7 Å². The van der Waals surface area contributed by atoms with Gasteiger partial charge < -0.3 is 14.0 Å². The van der Waals surface area contributed by atoms with Gasteiger partial charge in [-0.2, -0.15) is 0 Å². The number of esters is 2. The van der Waals surface area contributed by atoms with E-state index in [4.69, 9.17) is 9.47 Å². The molecule has 5 nitrogen and oxygen atoms in total. The third kappa shape index (κ3) is 3.63. The molecule has 1 unspecified atom stereocenters. The minimum absolute atomic E-state index is 0.0380. The lowest BCUT2D eigenvalue weighted by Gasteiger charge is -2.43. The van der Waals surface area contributed by atoms with E-state index in [2.05, 4.69) is 26.0 Å². The SMILES string of the molecule is COC(=O)C1(C(=O)OC)CC(P(=O)(c2ccccc2)c2ccccc2)=C2c3ccccc3C(C)(C)C2C1. The van der Waals surface area contributed by atoms with Gasteiger partial charge in [-0.05, 0) is 34.5 Å². The molecule has 190 valence electrons. The smallest absolute Gasteiger partial charge is 0.323 e. The van der Waals surface area contributed by atoms with Crippen molar-refractivity contribution in [2.75, 3.05) is 14.2 Å². The van der Waals surface area contributed by atoms with Crippen LogP contribution in [-0.4, -0.2) is 26.2 Å². The molecule has 0 N–H and O–H groups in total. The van der Waals surface area contributed by atoms with E-state index in [1.165, 1.54) is 14.2 Å². The normalized spacial score (nSPS) is 19.5. The molecule has 0 amide bonds. The Labute approximate surface area is 217 Å². The van der Waals surface area contributed by atoms with Gasteiger partial charge in [-0.25, -0.2) is 0 Å². The molecule has 0 aromatic heterocycles. The molecular weight excluding hydrogens is 483 g/mol. The van der Waals surface area contributed by atoms with Crippen LogP contribution in [0.2, 0.25) is 0 Å². The number of methoxy groups -OCH3 is 2. The summed E-state index contributed by atoms with van der Waals surface area (Å²) in [6.07, 6.45) is 0.181. The van der Waals surface area contributed by atoms with E-state index in [0.717, 1.165) is 16.7 Å². The summed E-state index contributed by atoms with van der Waals surface area (Å²) in [4.78, 5) is 26.9. The second-order valence-corrected chi connectivity index (χ2v) is 13.2. The zero-order chi connectivity index (χ0) is 26.4. The highest BCUT2D eigenvalue weighted by Crippen LogP contribution is 2.68. The van der Waals surface area contributed by atoms with Gasteiger partial charge in [0.05, 0.1) is 14.2 Å². The van der Waals surface area contributed by atoms with Crippen LogP contribution in [0.1, 0.15) is 37.8 Å². The largest absolute Gasteiger partial charge is 0.468 e. The predicted molar refractivity (Wildman–Crippen MR) is 145 cm³/mol. The van der Waals surface area contributed by atoms with Gasteiger partial charge in [0.2, 0.25) is 0 Å². The Kier molecular flexibility index (Phi) is 6.24. The molecule has 3 aromatic carbocycles. The van der Waals surface area contributed by atoms with E-state index in [1.54, 1.807) is 0 Å². The van der Waals surface area contributed by atoms with Gasteiger partial charge >= 0.3 is 11.9 Å². The first kappa shape index (κ1) is 25.2. The van der Waals surface area contributed by atoms with Crippen LogP contribution in [0.5, 0.6) is 0 Å². The van der Waals surface area contributed by atoms with Crippen LogP contribution < -0.4 is 10.6 Å². The number of benzene rings is 3. The molecule has 6 heteroatoms. The number of fused-ring (bicyclic) bond motifs is 3. The molecule has 0 heterocycles. The maximum absolute atomic E-state index is 15.7. The van der Waals surface area contributed by atoms with Crippen molar-refractivity contribution in [2.45, 2.75) is 32.1 Å². The molecule has 5 rings (SSSR count). The second kappa shape index (κ2) is 9.15. The summed E-state index contributed by atoms with van der Waals surface area (Å²) in [5, 5.41) is 1.94. The number of rotatable bonds is 5. The summed E-state index contributed by atoms with van der Waals surface area (Å²) in [7, 11) is -0.925. The molecule has 0 saturated carbocycles. The van der Waals surface area contributed by atoms with Crippen LogP contribution in [-0.2, 0) is 29.0 Å². The third-order valence-electron chi connectivity index (χ3n) is 8.24. The molecule has 1 atom stereocenters. The zero-order valence-corrected chi connectivity index (χ0v) is 22.5. The van der Waals surface area contributed by atoms with Gasteiger partial charge in [0.25, 0.3) is 0 Å². The summed E-state index contributed by atoms with van der Waals surface area (Å²) < 4.78 is 26.1. The number of carbonyl (C=O) groups excluding carboxylic acids is 2. The maximum atomic E-state index is 15.7. The van der Waals surface area contributed by atoms with Crippen molar-refractivity contribution in [1.29, 1.82) is 0 Å². The first-order valence-corrected chi connectivity index (χ1v) is 14.1. The van der Waals surface area contributed by atoms with Gasteiger partial charge in [-0.15, -0.1) is 0 Å². The lowest BCUT2D eigenvalue weighted by atomic mass is 9.64. The van der Waals surface area contributed by atoms with Gasteiger partial charge in [0.15, 0.2) is 12.6 Å². The maximum Gasteiger partial charge on any atom is 0.323 e. The Balaban J connectivity index is 1.92. The molecule has 2 aliphatic rings. The Hall–Kier alpha value is -3.43. The second-order valence-electron chi connectivity index (χ2n) is 10.4. The monoisotopic (exact) mass is 514 g/mol. The van der Waals surface area contributed by atoms with E-state index < -0.39 is 29.9 Å². The highest BCUT2D eigenvalue weighted by molar-refractivity contribution is 7.82. The lowest BCUT2D eigenvalue weighted by Crippen LogP contribution is -2.47. The summed E-state index contributed by atoms with van der Waals surface area (Å²) in [5.41, 5.74) is 1.10. The first-order valence-electron chi connectivity index (χ1n) is 12.4. The van der Waals surface area contributed by atoms with Crippen molar-refractivity contribution in [1.82, 2.24) is 0 Å². The molecule has 0 aliphatic heterocycles. The fourth-order valence-corrected chi connectivity index (χ4v) is 9.55. The molecule has 0 radical (unpaired) electrons. The minimum atomic E-state index is -3.50. The Morgan fingerprint density at radius 1 is 0.784 bits per heavy atom. The van der Waals surface area contributed by atoms with Crippen LogP contribution in [0.15, 0.2) is 90.2 Å². The van der Waals surface area contributed by atoms with Crippen molar-refractivity contribution < 1.29 is 23.6 Å². The molecule has 0 saturated heterocycles. The molecule has 0 spiro atoms. The van der Waals surface area contributed by atoms with Crippen molar-refractivity contribution in [3.63, 3.8) is 0 Å². The lowest BCUT2D eigenvalue weighted by molar-refractivity contribution is -0.170. The van der Waals surface area contributed by atoms with Crippen LogP contribution in [0.25, 0.3) is 5.57 Å². The number of allylic oxidation sites excluding steroid dienone is 2. The number of ether oxygens (including phenoxy) is 2. The van der Waals surface area contributed by atoms with Crippen molar-refractivity contribution in [3.05, 3.63) is 101 Å². The van der Waals surface area contributed by atoms with Crippen LogP contribution in [0.3, 0.4) is 0 Å². The van der Waals surface area contributed by atoms with Crippen molar-refractivity contribution >= 4 is 35.3 Å². The zero-order valence-electron chi connectivity index (χ0n) is 21.6. The standard InChI is InChI=1S/C31H31O5P/c1-30(2)24-18-12-11-17-23(24)27-25(30)19-31(28(32)35-3,29(33)36-4)20-26(27)37(34,21-13-7-5-8-14-21)22-15-9-6-10-16-22/h5-18,25H,19-20H2,1-4H3. The summed E-state index contributed by atoms with van der Waals surface area (Å²) in [6.45, 7) is 4.25. The highest BCUT2D eigenvalue weighted by atomic mass is 31.2. The predicted octanol–water partition coefficient (Wildman–Crippen LogP) is 5.45. The van der Waals surface area contributed by atoms with Crippen molar-refractivity contribution in [3.8, 4) is 0 Å². The van der Waals surface area contributed by atoms with E-state index in [1.807, 2.05) is 72.8 Å². The molecule has 37 heavy (non-hydrogen) atoms. The van der Waals surface area contributed by atoms with Crippen LogP contribution >= 0.6 is 7.14 Å². The summed E-state index contributed by atoms with van der Waals surface area (Å²) >= 11 is 0. The van der Waals surface area contributed by atoms with Crippen LogP contribution in [0.4, 0.5) is 0 Å². The van der Waals surface area contributed by atoms with Gasteiger partial charge in [0, 0.05) is 22.3 Å². The highest BCUT2D eigenvalue weighted by Gasteiger charge is 2.61. The summed E-state index contributed by atoms with van der Waals surface area (Å²) in [6, 6.07) is 26.9. The number of hydrogen-bond acceptors (Lipinski definition) is 5. The Morgan fingerprint density at radius 2 is 1.27 bits per heavy atom. The first-order chi connectivity index (χ1) is 17.7. The van der Waals surface area contributed by atoms with Crippen molar-refractivity contribution in [2.24, 2.45) is 11.3 Å². The van der Waals surface area contributed by atoms with E-state index >= 15 is 4.57 Å². The summed E-state index contributed by atoms with van der Waals surface area (Å²) in [5.74, 6) is -1.56. The molecular formula is C31H31O5P. The van der Waals surface area contributed by atoms with Gasteiger partial charge in [-0.3, -0.25) is 9.59 Å². The average Bonchev–Trinajstić information content (AvgIpc) is 3.18. The van der Waals surface area contributed by atoms with E-state index in [-0.39, 0.29) is 18.8 Å². The fourth-order valence-electron chi connectivity index (χ4n) is 6.33.